The summed E-state index contributed by atoms with van der Waals surface area (Å²) in [5.41, 5.74) is 0.924. The lowest BCUT2D eigenvalue weighted by molar-refractivity contribution is -0.646. The fourth-order valence-electron chi connectivity index (χ4n) is 2.19. The van der Waals surface area contributed by atoms with Gasteiger partial charge < -0.3 is 15.0 Å². The molecule has 23 heavy (non-hydrogen) atoms. The van der Waals surface area contributed by atoms with Gasteiger partial charge in [-0.25, -0.2) is 4.39 Å². The lowest BCUT2D eigenvalue weighted by Crippen LogP contribution is -2.87. The molecule has 1 amide bonds. The van der Waals surface area contributed by atoms with E-state index in [-0.39, 0.29) is 11.7 Å². The smallest absolute Gasteiger partial charge is 0.278 e. The molecule has 4 nitrogen and oxygen atoms in total. The van der Waals surface area contributed by atoms with Gasteiger partial charge in [0, 0.05) is 18.5 Å². The fraction of sp³-hybridized carbons (Fsp3) is 0.353. The first-order valence-corrected chi connectivity index (χ1v) is 8.42. The summed E-state index contributed by atoms with van der Waals surface area (Å²) in [6.07, 6.45) is 0. The zero-order valence-electron chi connectivity index (χ0n) is 13.2. The summed E-state index contributed by atoms with van der Waals surface area (Å²) < 4.78 is 18.0. The molecule has 1 aromatic carbocycles. The van der Waals surface area contributed by atoms with E-state index >= 15 is 0 Å². The highest BCUT2D eigenvalue weighted by molar-refractivity contribution is 7.09. The number of amides is 1. The van der Waals surface area contributed by atoms with Crippen molar-refractivity contribution in [2.24, 2.45) is 0 Å². The lowest BCUT2D eigenvalue weighted by Gasteiger charge is -2.21. The van der Waals surface area contributed by atoms with Crippen molar-refractivity contribution in [2.75, 3.05) is 26.8 Å². The summed E-state index contributed by atoms with van der Waals surface area (Å²) in [6, 6.07) is 10.3. The predicted octanol–water partition coefficient (Wildman–Crippen LogP) is 1.63. The van der Waals surface area contributed by atoms with E-state index in [9.17, 15) is 9.18 Å². The van der Waals surface area contributed by atoms with Crippen LogP contribution in [0.25, 0.3) is 0 Å². The van der Waals surface area contributed by atoms with Gasteiger partial charge in [-0.05, 0) is 29.1 Å². The van der Waals surface area contributed by atoms with E-state index in [0.717, 1.165) is 17.0 Å². The second kappa shape index (κ2) is 9.39. The number of rotatable bonds is 9. The first-order valence-electron chi connectivity index (χ1n) is 7.54. The quantitative estimate of drug-likeness (QED) is 0.707. The number of ether oxygens (including phenoxy) is 1. The molecule has 6 heteroatoms. The minimum atomic E-state index is -0.266. The molecule has 1 aromatic heterocycles. The van der Waals surface area contributed by atoms with E-state index in [1.54, 1.807) is 30.6 Å². The molecule has 0 aliphatic rings. The second-order valence-electron chi connectivity index (χ2n) is 5.23. The molecule has 0 bridgehead atoms. The highest BCUT2D eigenvalue weighted by Gasteiger charge is 2.16. The standard InChI is InChI=1S/C17H21FN2O2S/c1-22-9-8-19-11-17(21)20(13-16-3-2-10-23-16)12-14-4-6-15(18)7-5-14/h2-7,10,19H,8-9,11-13H2,1H3/p+1. The van der Waals surface area contributed by atoms with E-state index in [4.69, 9.17) is 4.74 Å². The molecular formula is C17H22FN2O2S+. The molecule has 0 aliphatic heterocycles. The number of nitrogens with two attached hydrogens (primary N) is 1. The topological polar surface area (TPSA) is 46.1 Å². The second-order valence-corrected chi connectivity index (χ2v) is 6.26. The maximum atomic E-state index is 13.0. The van der Waals surface area contributed by atoms with Crippen LogP contribution in [0.5, 0.6) is 0 Å². The van der Waals surface area contributed by atoms with Crippen molar-refractivity contribution < 1.29 is 19.2 Å². The Balaban J connectivity index is 1.98. The number of thiophene rings is 1. The molecule has 0 saturated heterocycles. The number of nitrogens with zero attached hydrogens (tertiary/aromatic N) is 1. The Bertz CT molecular complexity index is 587. The zero-order chi connectivity index (χ0) is 16.5. The van der Waals surface area contributed by atoms with Crippen LogP contribution in [0.15, 0.2) is 41.8 Å². The summed E-state index contributed by atoms with van der Waals surface area (Å²) in [5.74, 6) is -0.198. The van der Waals surface area contributed by atoms with Gasteiger partial charge in [0.1, 0.15) is 5.82 Å². The van der Waals surface area contributed by atoms with Gasteiger partial charge in [0.25, 0.3) is 5.91 Å². The Morgan fingerprint density at radius 3 is 2.70 bits per heavy atom. The van der Waals surface area contributed by atoms with E-state index < -0.39 is 0 Å². The monoisotopic (exact) mass is 337 g/mol. The van der Waals surface area contributed by atoms with Crippen molar-refractivity contribution in [3.63, 3.8) is 0 Å². The highest BCUT2D eigenvalue weighted by atomic mass is 32.1. The van der Waals surface area contributed by atoms with Gasteiger partial charge in [0.15, 0.2) is 6.54 Å². The van der Waals surface area contributed by atoms with Crippen molar-refractivity contribution in [3.05, 3.63) is 58.0 Å². The maximum Gasteiger partial charge on any atom is 0.278 e. The van der Waals surface area contributed by atoms with Crippen LogP contribution < -0.4 is 5.32 Å². The molecule has 0 radical (unpaired) electrons. The molecular weight excluding hydrogens is 315 g/mol. The third-order valence-electron chi connectivity index (χ3n) is 3.41. The summed E-state index contributed by atoms with van der Waals surface area (Å²) in [5, 5.41) is 3.94. The Morgan fingerprint density at radius 2 is 2.04 bits per heavy atom. The SMILES string of the molecule is COCC[NH2+]CC(=O)N(Cc1ccc(F)cc1)Cc1cccs1. The van der Waals surface area contributed by atoms with Gasteiger partial charge in [-0.2, -0.15) is 0 Å². The third kappa shape index (κ3) is 6.09. The zero-order valence-corrected chi connectivity index (χ0v) is 14.0. The Morgan fingerprint density at radius 1 is 1.26 bits per heavy atom. The Hall–Kier alpha value is -1.76. The normalized spacial score (nSPS) is 10.7. The minimum absolute atomic E-state index is 0.0684. The van der Waals surface area contributed by atoms with Crippen LogP contribution in [0.3, 0.4) is 0 Å². The number of halogens is 1. The van der Waals surface area contributed by atoms with E-state index in [1.807, 2.05) is 27.7 Å². The van der Waals surface area contributed by atoms with Crippen molar-refractivity contribution in [1.82, 2.24) is 4.90 Å². The Kier molecular flexibility index (Phi) is 7.19. The average molecular weight is 337 g/mol. The van der Waals surface area contributed by atoms with Crippen LogP contribution in [-0.2, 0) is 22.6 Å². The van der Waals surface area contributed by atoms with Crippen molar-refractivity contribution in [1.29, 1.82) is 0 Å². The molecule has 0 spiro atoms. The van der Waals surface area contributed by atoms with Crippen molar-refractivity contribution in [3.8, 4) is 0 Å². The number of carbonyl (C=O) groups is 1. The van der Waals surface area contributed by atoms with Gasteiger partial charge in [0.05, 0.1) is 19.7 Å². The van der Waals surface area contributed by atoms with Crippen molar-refractivity contribution in [2.45, 2.75) is 13.1 Å². The number of quaternary nitrogens is 1. The number of benzene rings is 1. The Labute approximate surface area is 139 Å². The van der Waals surface area contributed by atoms with Gasteiger partial charge >= 0.3 is 0 Å². The molecule has 0 fully saturated rings. The maximum absolute atomic E-state index is 13.0. The summed E-state index contributed by atoms with van der Waals surface area (Å²) in [6.45, 7) is 2.82. The molecule has 0 unspecified atom stereocenters. The molecule has 0 atom stereocenters. The van der Waals surface area contributed by atoms with Gasteiger partial charge in [-0.3, -0.25) is 4.79 Å². The van der Waals surface area contributed by atoms with Crippen LogP contribution in [0.2, 0.25) is 0 Å². The van der Waals surface area contributed by atoms with Gasteiger partial charge in [-0.15, -0.1) is 11.3 Å². The fourth-order valence-corrected chi connectivity index (χ4v) is 2.91. The molecule has 124 valence electrons. The number of methoxy groups -OCH3 is 1. The molecule has 2 rings (SSSR count). The van der Waals surface area contributed by atoms with Crippen LogP contribution in [0, 0.1) is 5.82 Å². The van der Waals surface area contributed by atoms with E-state index in [2.05, 4.69) is 0 Å². The highest BCUT2D eigenvalue weighted by Crippen LogP contribution is 2.14. The largest absolute Gasteiger partial charge is 0.379 e. The molecule has 0 aliphatic carbocycles. The molecule has 0 saturated carbocycles. The summed E-state index contributed by atoms with van der Waals surface area (Å²) >= 11 is 1.63. The first-order chi connectivity index (χ1) is 11.2. The number of hydrogen-bond donors (Lipinski definition) is 1. The lowest BCUT2D eigenvalue weighted by atomic mass is 10.2. The van der Waals surface area contributed by atoms with Crippen LogP contribution >= 0.6 is 11.3 Å². The number of carbonyl (C=O) groups excluding carboxylic acids is 1. The van der Waals surface area contributed by atoms with Gasteiger partial charge in [0.2, 0.25) is 0 Å². The van der Waals surface area contributed by atoms with Gasteiger partial charge in [-0.1, -0.05) is 18.2 Å². The van der Waals surface area contributed by atoms with E-state index in [0.29, 0.717) is 26.2 Å². The summed E-state index contributed by atoms with van der Waals surface area (Å²) in [4.78, 5) is 15.4. The molecule has 2 N–H and O–H groups in total. The molecule has 2 aromatic rings. The van der Waals surface area contributed by atoms with Crippen molar-refractivity contribution >= 4 is 17.2 Å². The van der Waals surface area contributed by atoms with Crippen LogP contribution in [-0.4, -0.2) is 37.6 Å². The van der Waals surface area contributed by atoms with Crippen LogP contribution in [0.1, 0.15) is 10.4 Å². The summed E-state index contributed by atoms with van der Waals surface area (Å²) in [7, 11) is 1.65. The van der Waals surface area contributed by atoms with E-state index in [1.165, 1.54) is 12.1 Å². The third-order valence-corrected chi connectivity index (χ3v) is 4.27. The average Bonchev–Trinajstić information content (AvgIpc) is 3.06. The first kappa shape index (κ1) is 17.6. The van der Waals surface area contributed by atoms with Crippen LogP contribution in [0.4, 0.5) is 4.39 Å². The number of hydrogen-bond acceptors (Lipinski definition) is 3. The minimum Gasteiger partial charge on any atom is -0.379 e. The molecule has 1 heterocycles. The predicted molar refractivity (Wildman–Crippen MR) is 88.5 cm³/mol.